The number of halogens is 1. The van der Waals surface area contributed by atoms with Gasteiger partial charge in [0.05, 0.1) is 37.6 Å². The maximum absolute atomic E-state index is 11.6. The Balaban J connectivity index is 1.89. The lowest BCUT2D eigenvalue weighted by Gasteiger charge is -2.15. The van der Waals surface area contributed by atoms with Crippen LogP contribution in [-0.4, -0.2) is 56.5 Å². The lowest BCUT2D eigenvalue weighted by Crippen LogP contribution is -2.28. The van der Waals surface area contributed by atoms with Crippen LogP contribution in [0.3, 0.4) is 0 Å². The van der Waals surface area contributed by atoms with Gasteiger partial charge in [-0.25, -0.2) is 15.0 Å². The van der Waals surface area contributed by atoms with E-state index >= 15 is 0 Å². The van der Waals surface area contributed by atoms with Crippen LogP contribution in [0.1, 0.15) is 5.56 Å². The van der Waals surface area contributed by atoms with E-state index in [4.69, 9.17) is 16.3 Å². The Morgan fingerprint density at radius 1 is 1.32 bits per heavy atom. The molecule has 0 fully saturated rings. The lowest BCUT2D eigenvalue weighted by atomic mass is 10.2. The van der Waals surface area contributed by atoms with Gasteiger partial charge in [-0.1, -0.05) is 29.4 Å². The normalized spacial score (nSPS) is 11.2. The third kappa shape index (κ3) is 4.71. The minimum absolute atomic E-state index is 0.259. The Hall–Kier alpha value is -2.40. The number of thioether (sulfide) groups is 1. The topological polar surface area (TPSA) is 133 Å². The molecular formula is C17H18ClN5O4S. The summed E-state index contributed by atoms with van der Waals surface area (Å²) in [5.74, 6) is 1.43. The van der Waals surface area contributed by atoms with Crippen molar-refractivity contribution >= 4 is 40.3 Å². The molecule has 0 amide bonds. The van der Waals surface area contributed by atoms with Crippen LogP contribution in [0.4, 0.5) is 5.82 Å². The van der Waals surface area contributed by atoms with Gasteiger partial charge < -0.3 is 25.3 Å². The van der Waals surface area contributed by atoms with Gasteiger partial charge >= 0.3 is 0 Å². The van der Waals surface area contributed by atoms with Crippen LogP contribution in [0.25, 0.3) is 11.2 Å². The number of ether oxygens (including phenoxy) is 1. The molecule has 0 aliphatic rings. The summed E-state index contributed by atoms with van der Waals surface area (Å²) in [6.07, 6.45) is 1.12. The molecule has 0 spiro atoms. The van der Waals surface area contributed by atoms with E-state index in [0.717, 1.165) is 11.8 Å². The van der Waals surface area contributed by atoms with E-state index in [-0.39, 0.29) is 18.9 Å². The van der Waals surface area contributed by atoms with E-state index in [9.17, 15) is 15.0 Å². The van der Waals surface area contributed by atoms with Gasteiger partial charge in [0.25, 0.3) is 5.56 Å². The summed E-state index contributed by atoms with van der Waals surface area (Å²) in [6.45, 7) is -0.587. The highest BCUT2D eigenvalue weighted by Crippen LogP contribution is 2.29. The number of nitrogens with zero attached hydrogens (tertiary/aromatic N) is 3. The zero-order chi connectivity index (χ0) is 20.1. The number of fused-ring (bicyclic) bond motifs is 1. The second kappa shape index (κ2) is 9.20. The molecule has 0 atom stereocenters. The van der Waals surface area contributed by atoms with Gasteiger partial charge in [-0.3, -0.25) is 4.79 Å². The molecule has 0 unspecified atom stereocenters. The van der Waals surface area contributed by atoms with Crippen molar-refractivity contribution in [3.63, 3.8) is 0 Å². The maximum atomic E-state index is 11.6. The van der Waals surface area contributed by atoms with Gasteiger partial charge in [-0.15, -0.1) is 0 Å². The molecule has 2 heterocycles. The fourth-order valence-electron chi connectivity index (χ4n) is 2.37. The number of hydrogen-bond acceptors (Lipinski definition) is 9. The third-order valence-corrected chi connectivity index (χ3v) is 5.00. The van der Waals surface area contributed by atoms with Crippen molar-refractivity contribution in [2.45, 2.75) is 17.0 Å². The average molecular weight is 424 g/mol. The van der Waals surface area contributed by atoms with Crippen LogP contribution in [0, 0.1) is 0 Å². The first-order valence-electron chi connectivity index (χ1n) is 8.24. The summed E-state index contributed by atoms with van der Waals surface area (Å²) < 4.78 is 5.14. The second-order valence-corrected chi connectivity index (χ2v) is 7.11. The van der Waals surface area contributed by atoms with Crippen LogP contribution < -0.4 is 15.6 Å². The molecule has 0 aliphatic carbocycles. The molecule has 3 aromatic rings. The van der Waals surface area contributed by atoms with Crippen LogP contribution in [0.2, 0.25) is 5.02 Å². The van der Waals surface area contributed by atoms with Crippen molar-refractivity contribution in [2.75, 3.05) is 25.6 Å². The quantitative estimate of drug-likeness (QED) is 0.313. The third-order valence-electron chi connectivity index (χ3n) is 3.78. The summed E-state index contributed by atoms with van der Waals surface area (Å²) >= 11 is 7.49. The molecule has 148 valence electrons. The van der Waals surface area contributed by atoms with E-state index in [0.29, 0.717) is 33.0 Å². The molecule has 2 aromatic heterocycles. The Labute approximate surface area is 169 Å². The van der Waals surface area contributed by atoms with Crippen molar-refractivity contribution in [1.82, 2.24) is 19.9 Å². The Morgan fingerprint density at radius 2 is 2.11 bits per heavy atom. The summed E-state index contributed by atoms with van der Waals surface area (Å²) in [7, 11) is 1.55. The molecule has 11 heteroatoms. The predicted molar refractivity (Wildman–Crippen MR) is 107 cm³/mol. The number of rotatable bonds is 8. The number of methoxy groups -OCH3 is 1. The van der Waals surface area contributed by atoms with E-state index < -0.39 is 11.6 Å². The molecule has 0 bridgehead atoms. The van der Waals surface area contributed by atoms with Crippen LogP contribution in [0.15, 0.2) is 34.3 Å². The number of aromatic nitrogens is 4. The first kappa shape index (κ1) is 20.3. The van der Waals surface area contributed by atoms with E-state index in [2.05, 4.69) is 25.3 Å². The Kier molecular flexibility index (Phi) is 6.68. The fourth-order valence-corrected chi connectivity index (χ4v) is 3.44. The van der Waals surface area contributed by atoms with Crippen molar-refractivity contribution < 1.29 is 14.9 Å². The molecule has 0 radical (unpaired) electrons. The summed E-state index contributed by atoms with van der Waals surface area (Å²) in [4.78, 5) is 27.0. The number of nitrogens with one attached hydrogen (secondary N) is 2. The number of aliphatic hydroxyl groups excluding tert-OH is 2. The monoisotopic (exact) mass is 423 g/mol. The molecule has 4 N–H and O–H groups in total. The molecule has 0 aliphatic heterocycles. The van der Waals surface area contributed by atoms with E-state index in [1.54, 1.807) is 19.2 Å². The largest absolute Gasteiger partial charge is 0.495 e. The number of H-pyrrole nitrogens is 1. The average Bonchev–Trinajstić information content (AvgIpc) is 2.70. The molecule has 28 heavy (non-hydrogen) atoms. The molecule has 0 saturated carbocycles. The number of anilines is 1. The van der Waals surface area contributed by atoms with E-state index in [1.807, 2.05) is 6.07 Å². The van der Waals surface area contributed by atoms with Gasteiger partial charge in [0.1, 0.15) is 11.3 Å². The fraction of sp³-hybridized carbons (Fsp3) is 0.294. The first-order chi connectivity index (χ1) is 13.5. The number of hydrogen-bond donors (Lipinski definition) is 4. The molecule has 3 rings (SSSR count). The zero-order valence-electron chi connectivity index (χ0n) is 14.8. The Bertz CT molecular complexity index is 1030. The highest BCUT2D eigenvalue weighted by atomic mass is 35.5. The Morgan fingerprint density at radius 3 is 2.79 bits per heavy atom. The van der Waals surface area contributed by atoms with Crippen LogP contribution >= 0.6 is 23.4 Å². The second-order valence-electron chi connectivity index (χ2n) is 5.76. The SMILES string of the molecule is COc1ccc(CSc2nc(NC(CO)CO)c3ncc(=O)[nH]c3n2)cc1Cl. The van der Waals surface area contributed by atoms with Crippen molar-refractivity contribution in [3.8, 4) is 5.75 Å². The number of benzene rings is 1. The number of aliphatic hydroxyl groups is 2. The first-order valence-corrected chi connectivity index (χ1v) is 9.61. The molecule has 0 saturated heterocycles. The summed E-state index contributed by atoms with van der Waals surface area (Å²) in [5, 5.41) is 22.5. The minimum Gasteiger partial charge on any atom is -0.495 e. The van der Waals surface area contributed by atoms with Gasteiger partial charge in [0, 0.05) is 5.75 Å². The highest BCUT2D eigenvalue weighted by molar-refractivity contribution is 7.98. The molecule has 9 nitrogen and oxygen atoms in total. The zero-order valence-corrected chi connectivity index (χ0v) is 16.4. The van der Waals surface area contributed by atoms with Gasteiger partial charge in [-0.2, -0.15) is 0 Å². The van der Waals surface area contributed by atoms with Crippen molar-refractivity contribution in [1.29, 1.82) is 0 Å². The van der Waals surface area contributed by atoms with Gasteiger partial charge in [0.15, 0.2) is 16.6 Å². The summed E-state index contributed by atoms with van der Waals surface area (Å²) in [5.41, 5.74) is 1.14. The lowest BCUT2D eigenvalue weighted by molar-refractivity contribution is 0.203. The minimum atomic E-state index is -0.620. The predicted octanol–water partition coefficient (Wildman–Crippen LogP) is 1.43. The highest BCUT2D eigenvalue weighted by Gasteiger charge is 2.14. The number of aromatic amines is 1. The van der Waals surface area contributed by atoms with Crippen molar-refractivity contribution in [2.24, 2.45) is 0 Å². The van der Waals surface area contributed by atoms with Gasteiger partial charge in [0.2, 0.25) is 0 Å². The van der Waals surface area contributed by atoms with Gasteiger partial charge in [-0.05, 0) is 17.7 Å². The molecular weight excluding hydrogens is 406 g/mol. The molecule has 1 aromatic carbocycles. The van der Waals surface area contributed by atoms with Crippen molar-refractivity contribution in [3.05, 3.63) is 45.3 Å². The standard InChI is InChI=1S/C17H18ClN5O4S/c1-27-12-3-2-9(4-11(12)18)8-28-17-22-15(20-10(6-24)7-25)14-16(23-17)21-13(26)5-19-14/h2-5,10,24-25H,6-8H2,1H3,(H2,20,21,22,23,26). The van der Waals surface area contributed by atoms with E-state index in [1.165, 1.54) is 11.8 Å². The maximum Gasteiger partial charge on any atom is 0.268 e. The summed E-state index contributed by atoms with van der Waals surface area (Å²) in [6, 6.07) is 4.84. The van der Waals surface area contributed by atoms with Crippen LogP contribution in [0.5, 0.6) is 5.75 Å². The smallest absolute Gasteiger partial charge is 0.268 e. The van der Waals surface area contributed by atoms with Crippen LogP contribution in [-0.2, 0) is 5.75 Å².